The lowest BCUT2D eigenvalue weighted by Gasteiger charge is -2.38. The molecule has 7 heteroatoms. The van der Waals surface area contributed by atoms with E-state index >= 15 is 0 Å². The van der Waals surface area contributed by atoms with Crippen LogP contribution in [0.15, 0.2) is 59.5 Å². The number of fused-ring (bicyclic) bond motifs is 1. The second kappa shape index (κ2) is 9.60. The first-order valence-corrected chi connectivity index (χ1v) is 13.6. The van der Waals surface area contributed by atoms with Gasteiger partial charge in [-0.25, -0.2) is 4.79 Å². The number of pyridine rings is 1. The molecule has 5 nitrogen and oxygen atoms in total. The lowest BCUT2D eigenvalue weighted by molar-refractivity contribution is 0.120. The molecule has 0 aliphatic carbocycles. The highest BCUT2D eigenvalue weighted by molar-refractivity contribution is 7.10. The van der Waals surface area contributed by atoms with Gasteiger partial charge in [-0.15, -0.1) is 11.3 Å². The van der Waals surface area contributed by atoms with E-state index in [2.05, 4.69) is 41.9 Å². The van der Waals surface area contributed by atoms with Crippen LogP contribution in [-0.4, -0.2) is 32.1 Å². The molecule has 0 N–H and O–H groups in total. The van der Waals surface area contributed by atoms with Crippen molar-refractivity contribution in [2.24, 2.45) is 5.41 Å². The van der Waals surface area contributed by atoms with Crippen LogP contribution in [0.2, 0.25) is 0 Å². The molecule has 3 aromatic heterocycles. The number of para-hydroxylation sites is 2. The van der Waals surface area contributed by atoms with E-state index in [1.807, 2.05) is 53.4 Å². The molecule has 1 aliphatic rings. The van der Waals surface area contributed by atoms with Crippen LogP contribution in [0, 0.1) is 17.5 Å². The zero-order chi connectivity index (χ0) is 25.5. The smallest absolute Gasteiger partial charge is 0.293 e. The largest absolute Gasteiger partial charge is 0.329 e. The third kappa shape index (κ3) is 4.55. The molecular weight excluding hydrogens is 471 g/mol. The fourth-order valence-corrected chi connectivity index (χ4v) is 6.50. The van der Waals surface area contributed by atoms with Gasteiger partial charge < -0.3 is 0 Å². The fourth-order valence-electron chi connectivity index (χ4n) is 5.78. The minimum absolute atomic E-state index is 0.0562. The van der Waals surface area contributed by atoms with E-state index < -0.39 is 0 Å². The summed E-state index contributed by atoms with van der Waals surface area (Å²) >= 11 is 1.23. The minimum atomic E-state index is -0.181. The summed E-state index contributed by atoms with van der Waals surface area (Å²) in [7, 11) is 0. The van der Waals surface area contributed by atoms with Crippen molar-refractivity contribution in [3.8, 4) is 0 Å². The van der Waals surface area contributed by atoms with Gasteiger partial charge in [-0.05, 0) is 89.4 Å². The third-order valence-corrected chi connectivity index (χ3v) is 9.05. The minimum Gasteiger partial charge on any atom is -0.293 e. The van der Waals surface area contributed by atoms with Gasteiger partial charge in [-0.1, -0.05) is 18.2 Å². The van der Waals surface area contributed by atoms with Crippen molar-refractivity contribution in [2.45, 2.75) is 65.6 Å². The maximum absolute atomic E-state index is 13.7. The summed E-state index contributed by atoms with van der Waals surface area (Å²) in [5, 5.41) is -0.137. The predicted molar refractivity (Wildman–Crippen MR) is 145 cm³/mol. The van der Waals surface area contributed by atoms with Crippen LogP contribution >= 0.6 is 11.3 Å². The van der Waals surface area contributed by atoms with Gasteiger partial charge in [0.25, 0.3) is 0 Å². The Balaban J connectivity index is 1.50. The molecule has 4 aromatic rings. The van der Waals surface area contributed by atoms with E-state index in [1.165, 1.54) is 16.9 Å². The normalized spacial score (nSPS) is 18.9. The van der Waals surface area contributed by atoms with E-state index in [9.17, 15) is 9.18 Å². The third-order valence-electron chi connectivity index (χ3n) is 8.11. The van der Waals surface area contributed by atoms with Crippen LogP contribution in [0.4, 0.5) is 4.39 Å². The number of benzene rings is 1. The first-order valence-electron chi connectivity index (χ1n) is 12.8. The van der Waals surface area contributed by atoms with Crippen LogP contribution in [0.25, 0.3) is 11.0 Å². The first kappa shape index (κ1) is 24.9. The summed E-state index contributed by atoms with van der Waals surface area (Å²) in [6, 6.07) is 15.8. The first-order chi connectivity index (χ1) is 17.2. The van der Waals surface area contributed by atoms with Crippen molar-refractivity contribution in [3.63, 3.8) is 0 Å². The summed E-state index contributed by atoms with van der Waals surface area (Å²) in [6.07, 6.45) is 4.70. The predicted octanol–water partition coefficient (Wildman–Crippen LogP) is 5.99. The Bertz CT molecular complexity index is 1420. The average molecular weight is 507 g/mol. The van der Waals surface area contributed by atoms with Crippen molar-refractivity contribution in [2.75, 3.05) is 13.1 Å². The van der Waals surface area contributed by atoms with Gasteiger partial charge in [0, 0.05) is 47.4 Å². The number of imidazole rings is 1. The number of hydrogen-bond acceptors (Lipinski definition) is 4. The molecule has 0 bridgehead atoms. The lowest BCUT2D eigenvalue weighted by atomic mass is 9.81. The summed E-state index contributed by atoms with van der Waals surface area (Å²) in [5.74, 6) is 0. The Labute approximate surface area is 216 Å². The molecule has 1 saturated heterocycles. The molecule has 0 saturated carbocycles. The van der Waals surface area contributed by atoms with Crippen LogP contribution in [0.3, 0.4) is 0 Å². The fraction of sp³-hybridized carbons (Fsp3) is 0.448. The van der Waals surface area contributed by atoms with E-state index in [-0.39, 0.29) is 21.8 Å². The Morgan fingerprint density at radius 3 is 2.47 bits per heavy atom. The quantitative estimate of drug-likeness (QED) is 0.295. The number of aromatic nitrogens is 3. The van der Waals surface area contributed by atoms with Crippen molar-refractivity contribution < 1.29 is 4.39 Å². The highest BCUT2D eigenvalue weighted by atomic mass is 32.1. The molecular formula is C29H35FN4OS. The van der Waals surface area contributed by atoms with Crippen molar-refractivity contribution in [3.05, 3.63) is 86.5 Å². The number of rotatable bonds is 8. The van der Waals surface area contributed by atoms with E-state index in [4.69, 9.17) is 0 Å². The molecule has 0 spiro atoms. The molecule has 1 aromatic carbocycles. The number of aryl methyl sites for hydroxylation is 3. The molecule has 0 unspecified atom stereocenters. The highest BCUT2D eigenvalue weighted by Crippen LogP contribution is 2.43. The van der Waals surface area contributed by atoms with Gasteiger partial charge in [0.1, 0.15) is 0 Å². The molecule has 1 atom stereocenters. The van der Waals surface area contributed by atoms with Crippen molar-refractivity contribution >= 4 is 22.4 Å². The van der Waals surface area contributed by atoms with Gasteiger partial charge in [0.15, 0.2) is 5.13 Å². The van der Waals surface area contributed by atoms with E-state index in [1.54, 1.807) is 6.07 Å². The molecule has 36 heavy (non-hydrogen) atoms. The molecule has 5 rings (SSSR count). The topological polar surface area (TPSA) is 43.1 Å². The second-order valence-electron chi connectivity index (χ2n) is 10.7. The van der Waals surface area contributed by atoms with Crippen LogP contribution in [0.1, 0.15) is 49.7 Å². The van der Waals surface area contributed by atoms with Gasteiger partial charge in [-0.3, -0.25) is 19.0 Å². The van der Waals surface area contributed by atoms with Crippen LogP contribution < -0.4 is 5.69 Å². The molecule has 1 fully saturated rings. The monoisotopic (exact) mass is 506 g/mol. The van der Waals surface area contributed by atoms with Gasteiger partial charge in [0.2, 0.25) is 0 Å². The zero-order valence-electron chi connectivity index (χ0n) is 21.6. The van der Waals surface area contributed by atoms with E-state index in [0.29, 0.717) is 13.1 Å². The number of halogens is 1. The second-order valence-corrected chi connectivity index (χ2v) is 11.8. The number of thiophene rings is 1. The molecule has 190 valence electrons. The number of likely N-dealkylation sites (tertiary alicyclic amines) is 1. The lowest BCUT2D eigenvalue weighted by Crippen LogP contribution is -2.43. The maximum atomic E-state index is 13.7. The van der Waals surface area contributed by atoms with Gasteiger partial charge in [-0.2, -0.15) is 4.39 Å². The summed E-state index contributed by atoms with van der Waals surface area (Å²) in [4.78, 5) is 21.7. The van der Waals surface area contributed by atoms with Crippen LogP contribution in [0.5, 0.6) is 0 Å². The average Bonchev–Trinajstić information content (AvgIpc) is 3.55. The van der Waals surface area contributed by atoms with Crippen LogP contribution in [-0.2, 0) is 25.0 Å². The van der Waals surface area contributed by atoms with Gasteiger partial charge >= 0.3 is 5.69 Å². The number of hydrogen-bond donors (Lipinski definition) is 0. The van der Waals surface area contributed by atoms with Crippen molar-refractivity contribution in [1.29, 1.82) is 0 Å². The van der Waals surface area contributed by atoms with Gasteiger partial charge in [0.05, 0.1) is 11.0 Å². The molecule has 4 heterocycles. The highest BCUT2D eigenvalue weighted by Gasteiger charge is 2.44. The molecule has 0 amide bonds. The SMILES string of the molecule is CCn1c(=O)n(C[C@@]2(CCc3ccc(F)s3)CCN(C(C)(C)c3ccc(C)nc3)C2)c2ccccc21. The Morgan fingerprint density at radius 1 is 1.08 bits per heavy atom. The number of nitrogens with zero attached hydrogens (tertiary/aromatic N) is 4. The zero-order valence-corrected chi connectivity index (χ0v) is 22.4. The Kier molecular flexibility index (Phi) is 6.64. The summed E-state index contributed by atoms with van der Waals surface area (Å²) < 4.78 is 17.6. The molecule has 1 aliphatic heterocycles. The van der Waals surface area contributed by atoms with Crippen molar-refractivity contribution in [1.82, 2.24) is 19.0 Å². The molecule has 0 radical (unpaired) electrons. The summed E-state index contributed by atoms with van der Waals surface area (Å²) in [5.41, 5.74) is 3.97. The Morgan fingerprint density at radius 2 is 1.83 bits per heavy atom. The summed E-state index contributed by atoms with van der Waals surface area (Å²) in [6.45, 7) is 11.7. The Hall–Kier alpha value is -2.77. The standard InChI is InChI=1S/C29H35FN4OS/c1-5-33-24-8-6-7-9-25(24)34(27(33)35)20-29(15-14-23-12-13-26(30)36-23)16-17-32(19-29)28(3,4)22-11-10-21(2)31-18-22/h6-13,18H,5,14-17,19-20H2,1-4H3/t29-/m0/s1. The maximum Gasteiger partial charge on any atom is 0.329 e. The van der Waals surface area contributed by atoms with E-state index in [0.717, 1.165) is 54.0 Å².